The molecule has 0 aromatic heterocycles. The Hall–Kier alpha value is -1.87. The van der Waals surface area contributed by atoms with E-state index in [1.165, 1.54) is 11.6 Å². The Morgan fingerprint density at radius 3 is 2.58 bits per heavy atom. The first kappa shape index (κ1) is 13.6. The summed E-state index contributed by atoms with van der Waals surface area (Å²) in [6.45, 7) is 2.48. The Morgan fingerprint density at radius 1 is 1.16 bits per heavy atom. The molecule has 0 bridgehead atoms. The Bertz CT molecular complexity index is 568. The van der Waals surface area contributed by atoms with Gasteiger partial charge in [0.25, 0.3) is 0 Å². The van der Waals surface area contributed by atoms with Gasteiger partial charge in [-0.25, -0.2) is 4.39 Å². The van der Waals surface area contributed by atoms with Gasteiger partial charge in [-0.2, -0.15) is 0 Å². The van der Waals surface area contributed by atoms with Crippen molar-refractivity contribution in [1.29, 1.82) is 0 Å². The fourth-order valence-corrected chi connectivity index (χ4v) is 2.28. The fraction of sp³-hybridized carbons (Fsp3) is 0.250. The Labute approximate surface area is 113 Å². The average molecular weight is 259 g/mol. The van der Waals surface area contributed by atoms with Crippen molar-refractivity contribution >= 4 is 5.69 Å². The second-order valence-electron chi connectivity index (χ2n) is 4.75. The molecule has 0 amide bonds. The van der Waals surface area contributed by atoms with Gasteiger partial charge in [-0.15, -0.1) is 0 Å². The molecule has 2 aromatic rings. The molecule has 0 heterocycles. The van der Waals surface area contributed by atoms with Crippen LogP contribution in [0.5, 0.6) is 0 Å². The highest BCUT2D eigenvalue weighted by Crippen LogP contribution is 2.25. The lowest BCUT2D eigenvalue weighted by Gasteiger charge is -2.22. The van der Waals surface area contributed by atoms with Crippen LogP contribution >= 0.6 is 0 Å². The number of aliphatic hydroxyl groups excluding tert-OH is 1. The van der Waals surface area contributed by atoms with Gasteiger partial charge in [0.05, 0.1) is 12.3 Å². The number of benzene rings is 2. The Morgan fingerprint density at radius 2 is 1.89 bits per heavy atom. The SMILES string of the molecule is Cc1cccc(CN(C)c2c(F)cccc2CO)c1. The zero-order chi connectivity index (χ0) is 13.8. The van der Waals surface area contributed by atoms with E-state index in [0.717, 1.165) is 5.56 Å². The van der Waals surface area contributed by atoms with Gasteiger partial charge in [-0.05, 0) is 18.6 Å². The number of anilines is 1. The quantitative estimate of drug-likeness (QED) is 0.911. The minimum atomic E-state index is -0.304. The van der Waals surface area contributed by atoms with Crippen LogP contribution in [0.4, 0.5) is 10.1 Å². The molecule has 0 fully saturated rings. The van der Waals surface area contributed by atoms with E-state index in [1.807, 2.05) is 37.1 Å². The molecule has 0 saturated heterocycles. The molecule has 1 N–H and O–H groups in total. The molecule has 0 unspecified atom stereocenters. The van der Waals surface area contributed by atoms with E-state index in [-0.39, 0.29) is 12.4 Å². The average Bonchev–Trinajstić information content (AvgIpc) is 2.38. The van der Waals surface area contributed by atoms with Gasteiger partial charge >= 0.3 is 0 Å². The first-order valence-electron chi connectivity index (χ1n) is 6.26. The van der Waals surface area contributed by atoms with Crippen molar-refractivity contribution in [2.75, 3.05) is 11.9 Å². The highest BCUT2D eigenvalue weighted by molar-refractivity contribution is 5.54. The van der Waals surface area contributed by atoms with E-state index >= 15 is 0 Å². The summed E-state index contributed by atoms with van der Waals surface area (Å²) in [5.41, 5.74) is 3.37. The third-order valence-electron chi connectivity index (χ3n) is 3.12. The van der Waals surface area contributed by atoms with E-state index in [9.17, 15) is 9.50 Å². The van der Waals surface area contributed by atoms with Gasteiger partial charge in [-0.3, -0.25) is 0 Å². The van der Waals surface area contributed by atoms with E-state index in [2.05, 4.69) is 6.07 Å². The maximum absolute atomic E-state index is 13.9. The van der Waals surface area contributed by atoms with Crippen LogP contribution in [-0.4, -0.2) is 12.2 Å². The molecule has 100 valence electrons. The topological polar surface area (TPSA) is 23.5 Å². The van der Waals surface area contributed by atoms with Crippen molar-refractivity contribution in [1.82, 2.24) is 0 Å². The standard InChI is InChI=1S/C16H18FNO/c1-12-5-3-6-13(9-12)10-18(2)16-14(11-19)7-4-8-15(16)17/h3-9,19H,10-11H2,1-2H3. The summed E-state index contributed by atoms with van der Waals surface area (Å²) in [6.07, 6.45) is 0. The highest BCUT2D eigenvalue weighted by atomic mass is 19.1. The molecule has 0 radical (unpaired) electrons. The van der Waals surface area contributed by atoms with Crippen LogP contribution in [-0.2, 0) is 13.2 Å². The van der Waals surface area contributed by atoms with Gasteiger partial charge in [0.2, 0.25) is 0 Å². The number of rotatable bonds is 4. The molecule has 0 aliphatic carbocycles. The first-order chi connectivity index (χ1) is 9.11. The molecular weight excluding hydrogens is 241 g/mol. The zero-order valence-electron chi connectivity index (χ0n) is 11.2. The molecule has 0 aliphatic heterocycles. The lowest BCUT2D eigenvalue weighted by molar-refractivity contribution is 0.281. The number of aliphatic hydroxyl groups is 1. The zero-order valence-corrected chi connectivity index (χ0v) is 11.2. The molecule has 19 heavy (non-hydrogen) atoms. The maximum Gasteiger partial charge on any atom is 0.146 e. The number of para-hydroxylation sites is 1. The summed E-state index contributed by atoms with van der Waals surface area (Å²) in [7, 11) is 1.83. The van der Waals surface area contributed by atoms with E-state index in [0.29, 0.717) is 17.8 Å². The number of hydrogen-bond acceptors (Lipinski definition) is 2. The first-order valence-corrected chi connectivity index (χ1v) is 6.26. The summed E-state index contributed by atoms with van der Waals surface area (Å²) < 4.78 is 13.9. The van der Waals surface area contributed by atoms with Crippen LogP contribution in [0.25, 0.3) is 0 Å². The number of halogens is 1. The highest BCUT2D eigenvalue weighted by Gasteiger charge is 2.12. The predicted molar refractivity (Wildman–Crippen MR) is 75.6 cm³/mol. The van der Waals surface area contributed by atoms with Crippen molar-refractivity contribution in [3.63, 3.8) is 0 Å². The second-order valence-corrected chi connectivity index (χ2v) is 4.75. The molecule has 0 saturated carbocycles. The van der Waals surface area contributed by atoms with Crippen molar-refractivity contribution in [3.05, 3.63) is 65.0 Å². The summed E-state index contributed by atoms with van der Waals surface area (Å²) >= 11 is 0. The number of aryl methyl sites for hydroxylation is 1. The predicted octanol–water partition coefficient (Wildman–Crippen LogP) is 3.26. The van der Waals surface area contributed by atoms with Gasteiger partial charge in [0, 0.05) is 19.2 Å². The third-order valence-corrected chi connectivity index (χ3v) is 3.12. The van der Waals surface area contributed by atoms with Crippen molar-refractivity contribution < 1.29 is 9.50 Å². The molecule has 0 aliphatic rings. The molecule has 2 aromatic carbocycles. The lowest BCUT2D eigenvalue weighted by atomic mass is 10.1. The van der Waals surface area contributed by atoms with Crippen LogP contribution in [0.15, 0.2) is 42.5 Å². The molecule has 0 spiro atoms. The normalized spacial score (nSPS) is 10.5. The van der Waals surface area contributed by atoms with E-state index in [1.54, 1.807) is 12.1 Å². The molecule has 3 heteroatoms. The summed E-state index contributed by atoms with van der Waals surface area (Å²) in [5.74, 6) is -0.304. The van der Waals surface area contributed by atoms with Gasteiger partial charge in [0.15, 0.2) is 0 Å². The monoisotopic (exact) mass is 259 g/mol. The van der Waals surface area contributed by atoms with Crippen molar-refractivity contribution in [2.45, 2.75) is 20.1 Å². The van der Waals surface area contributed by atoms with Crippen LogP contribution in [0.1, 0.15) is 16.7 Å². The van der Waals surface area contributed by atoms with Crippen LogP contribution in [0, 0.1) is 12.7 Å². The van der Waals surface area contributed by atoms with Crippen molar-refractivity contribution in [2.24, 2.45) is 0 Å². The van der Waals surface area contributed by atoms with Crippen LogP contribution in [0.3, 0.4) is 0 Å². The largest absolute Gasteiger partial charge is 0.392 e. The molecular formula is C16H18FNO. The fourth-order valence-electron chi connectivity index (χ4n) is 2.28. The second kappa shape index (κ2) is 5.85. The minimum absolute atomic E-state index is 0.161. The van der Waals surface area contributed by atoms with Crippen LogP contribution in [0.2, 0.25) is 0 Å². The van der Waals surface area contributed by atoms with E-state index in [4.69, 9.17) is 0 Å². The molecule has 2 rings (SSSR count). The Kier molecular flexibility index (Phi) is 4.17. The third kappa shape index (κ3) is 3.12. The van der Waals surface area contributed by atoms with Crippen LogP contribution < -0.4 is 4.90 Å². The number of nitrogens with zero attached hydrogens (tertiary/aromatic N) is 1. The van der Waals surface area contributed by atoms with Gasteiger partial charge in [0.1, 0.15) is 5.82 Å². The summed E-state index contributed by atoms with van der Waals surface area (Å²) in [4.78, 5) is 1.83. The van der Waals surface area contributed by atoms with E-state index < -0.39 is 0 Å². The smallest absolute Gasteiger partial charge is 0.146 e. The summed E-state index contributed by atoms with van der Waals surface area (Å²) in [5, 5.41) is 9.31. The van der Waals surface area contributed by atoms with Crippen molar-refractivity contribution in [3.8, 4) is 0 Å². The maximum atomic E-state index is 13.9. The summed E-state index contributed by atoms with van der Waals surface area (Å²) in [6, 6.07) is 12.9. The minimum Gasteiger partial charge on any atom is -0.392 e. The van der Waals surface area contributed by atoms with Gasteiger partial charge < -0.3 is 10.0 Å². The Balaban J connectivity index is 2.27. The number of hydrogen-bond donors (Lipinski definition) is 1. The molecule has 2 nitrogen and oxygen atoms in total. The lowest BCUT2D eigenvalue weighted by Crippen LogP contribution is -2.19. The van der Waals surface area contributed by atoms with Gasteiger partial charge in [-0.1, -0.05) is 42.0 Å². The molecule has 0 atom stereocenters.